The average molecular weight is 238 g/mol. The fourth-order valence-corrected chi connectivity index (χ4v) is 2.42. The zero-order valence-electron chi connectivity index (χ0n) is 10.7. The minimum Gasteiger partial charge on any atom is -0.393 e. The van der Waals surface area contributed by atoms with Crippen LogP contribution in [0.1, 0.15) is 39.7 Å². The van der Waals surface area contributed by atoms with Crippen LogP contribution < -0.4 is 0 Å². The molecule has 1 unspecified atom stereocenters. The van der Waals surface area contributed by atoms with Crippen LogP contribution in [0, 0.1) is 0 Å². The first kappa shape index (κ1) is 13.6. The SMILES string of the molecule is CC(O)CCSc1ccc(C(C)(C)C)cc1. The van der Waals surface area contributed by atoms with Gasteiger partial charge >= 0.3 is 0 Å². The summed E-state index contributed by atoms with van der Waals surface area (Å²) in [5, 5.41) is 9.17. The standard InChI is InChI=1S/C14H22OS/c1-11(15)9-10-16-13-7-5-12(6-8-13)14(2,3)4/h5-8,11,15H,9-10H2,1-4H3. The minimum absolute atomic E-state index is 0.193. The normalized spacial score (nSPS) is 13.8. The highest BCUT2D eigenvalue weighted by Crippen LogP contribution is 2.25. The maximum atomic E-state index is 9.17. The zero-order valence-corrected chi connectivity index (χ0v) is 11.5. The van der Waals surface area contributed by atoms with Crippen LogP contribution in [0.25, 0.3) is 0 Å². The molecule has 90 valence electrons. The quantitative estimate of drug-likeness (QED) is 0.804. The molecule has 1 aromatic carbocycles. The van der Waals surface area contributed by atoms with Crippen molar-refractivity contribution in [2.24, 2.45) is 0 Å². The summed E-state index contributed by atoms with van der Waals surface area (Å²) in [7, 11) is 0. The molecule has 0 bridgehead atoms. The Hall–Kier alpha value is -0.470. The van der Waals surface area contributed by atoms with E-state index in [2.05, 4.69) is 45.0 Å². The molecule has 1 atom stereocenters. The Balaban J connectivity index is 2.52. The van der Waals surface area contributed by atoms with Crippen LogP contribution in [0.4, 0.5) is 0 Å². The second kappa shape index (κ2) is 5.74. The first-order valence-electron chi connectivity index (χ1n) is 5.81. The van der Waals surface area contributed by atoms with E-state index in [9.17, 15) is 0 Å². The molecule has 0 saturated carbocycles. The number of hydrogen-bond donors (Lipinski definition) is 1. The van der Waals surface area contributed by atoms with Gasteiger partial charge in [-0.25, -0.2) is 0 Å². The highest BCUT2D eigenvalue weighted by molar-refractivity contribution is 7.99. The molecule has 0 aliphatic heterocycles. The second-order valence-corrected chi connectivity index (χ2v) is 6.43. The molecule has 2 heteroatoms. The van der Waals surface area contributed by atoms with Crippen molar-refractivity contribution in [1.29, 1.82) is 0 Å². The fourth-order valence-electron chi connectivity index (χ4n) is 1.40. The van der Waals surface area contributed by atoms with Gasteiger partial charge in [0.1, 0.15) is 0 Å². The highest BCUT2D eigenvalue weighted by atomic mass is 32.2. The number of hydrogen-bond acceptors (Lipinski definition) is 2. The van der Waals surface area contributed by atoms with E-state index in [-0.39, 0.29) is 11.5 Å². The largest absolute Gasteiger partial charge is 0.393 e. The van der Waals surface area contributed by atoms with Crippen molar-refractivity contribution in [3.63, 3.8) is 0 Å². The predicted octanol–water partition coefficient (Wildman–Crippen LogP) is 3.85. The third kappa shape index (κ3) is 4.58. The Morgan fingerprint density at radius 3 is 2.19 bits per heavy atom. The molecule has 0 aliphatic carbocycles. The van der Waals surface area contributed by atoms with Crippen molar-refractivity contribution < 1.29 is 5.11 Å². The summed E-state index contributed by atoms with van der Waals surface area (Å²) < 4.78 is 0. The summed E-state index contributed by atoms with van der Waals surface area (Å²) >= 11 is 1.81. The molecule has 0 heterocycles. The summed E-state index contributed by atoms with van der Waals surface area (Å²) in [6.07, 6.45) is 0.660. The molecule has 1 N–H and O–H groups in total. The topological polar surface area (TPSA) is 20.2 Å². The van der Waals surface area contributed by atoms with Crippen molar-refractivity contribution in [2.75, 3.05) is 5.75 Å². The first-order chi connectivity index (χ1) is 7.39. The van der Waals surface area contributed by atoms with E-state index in [1.165, 1.54) is 10.5 Å². The molecule has 0 radical (unpaired) electrons. The van der Waals surface area contributed by atoms with Crippen molar-refractivity contribution in [2.45, 2.75) is 50.5 Å². The van der Waals surface area contributed by atoms with Crippen molar-refractivity contribution in [3.8, 4) is 0 Å². The van der Waals surface area contributed by atoms with Crippen molar-refractivity contribution >= 4 is 11.8 Å². The van der Waals surface area contributed by atoms with E-state index < -0.39 is 0 Å². The summed E-state index contributed by atoms with van der Waals surface area (Å²) in [4.78, 5) is 1.29. The summed E-state index contributed by atoms with van der Waals surface area (Å²) in [6.45, 7) is 8.51. The van der Waals surface area contributed by atoms with Gasteiger partial charge in [0.2, 0.25) is 0 Å². The lowest BCUT2D eigenvalue weighted by atomic mass is 9.87. The molecule has 0 fully saturated rings. The molecule has 0 amide bonds. The Bertz CT molecular complexity index is 309. The van der Waals surface area contributed by atoms with Crippen LogP contribution in [0.5, 0.6) is 0 Å². The van der Waals surface area contributed by atoms with E-state index in [4.69, 9.17) is 5.11 Å². The molecule has 16 heavy (non-hydrogen) atoms. The Kier molecular flexibility index (Phi) is 4.88. The van der Waals surface area contributed by atoms with Gasteiger partial charge in [-0.2, -0.15) is 0 Å². The lowest BCUT2D eigenvalue weighted by molar-refractivity contribution is 0.192. The maximum Gasteiger partial charge on any atom is 0.0520 e. The van der Waals surface area contributed by atoms with Crippen molar-refractivity contribution in [3.05, 3.63) is 29.8 Å². The van der Waals surface area contributed by atoms with Gasteiger partial charge in [0, 0.05) is 10.6 Å². The van der Waals surface area contributed by atoms with Gasteiger partial charge in [-0.1, -0.05) is 32.9 Å². The molecule has 0 spiro atoms. The van der Waals surface area contributed by atoms with Gasteiger partial charge in [-0.3, -0.25) is 0 Å². The third-order valence-corrected chi connectivity index (χ3v) is 3.57. The van der Waals surface area contributed by atoms with E-state index >= 15 is 0 Å². The van der Waals surface area contributed by atoms with E-state index in [0.29, 0.717) is 0 Å². The first-order valence-corrected chi connectivity index (χ1v) is 6.79. The fraction of sp³-hybridized carbons (Fsp3) is 0.571. The van der Waals surface area contributed by atoms with Crippen LogP contribution in [0.15, 0.2) is 29.2 Å². The summed E-state index contributed by atoms with van der Waals surface area (Å²) in [5.74, 6) is 0.979. The monoisotopic (exact) mass is 238 g/mol. The molecule has 0 aromatic heterocycles. The lowest BCUT2D eigenvalue weighted by Crippen LogP contribution is -2.10. The lowest BCUT2D eigenvalue weighted by Gasteiger charge is -2.19. The summed E-state index contributed by atoms with van der Waals surface area (Å²) in [6, 6.07) is 8.75. The van der Waals surface area contributed by atoms with Gasteiger partial charge in [0.15, 0.2) is 0 Å². The number of aliphatic hydroxyl groups excluding tert-OH is 1. The van der Waals surface area contributed by atoms with Crippen LogP contribution >= 0.6 is 11.8 Å². The Morgan fingerprint density at radius 2 is 1.75 bits per heavy atom. The molecule has 1 rings (SSSR count). The predicted molar refractivity (Wildman–Crippen MR) is 72.2 cm³/mol. The van der Waals surface area contributed by atoms with Crippen molar-refractivity contribution in [1.82, 2.24) is 0 Å². The molecule has 1 aromatic rings. The second-order valence-electron chi connectivity index (χ2n) is 5.26. The Morgan fingerprint density at radius 1 is 1.19 bits per heavy atom. The van der Waals surface area contributed by atoms with Crippen LogP contribution in [-0.4, -0.2) is 17.0 Å². The minimum atomic E-state index is -0.193. The smallest absolute Gasteiger partial charge is 0.0520 e. The molecule has 0 aliphatic rings. The van der Waals surface area contributed by atoms with Crippen LogP contribution in [-0.2, 0) is 5.41 Å². The van der Waals surface area contributed by atoms with Gasteiger partial charge in [-0.05, 0) is 36.5 Å². The van der Waals surface area contributed by atoms with E-state index in [0.717, 1.165) is 12.2 Å². The van der Waals surface area contributed by atoms with E-state index in [1.54, 1.807) is 0 Å². The highest BCUT2D eigenvalue weighted by Gasteiger charge is 2.12. The molecular weight excluding hydrogens is 216 g/mol. The van der Waals surface area contributed by atoms with Crippen LogP contribution in [0.2, 0.25) is 0 Å². The maximum absolute atomic E-state index is 9.17. The average Bonchev–Trinajstić information content (AvgIpc) is 2.16. The van der Waals surface area contributed by atoms with Crippen LogP contribution in [0.3, 0.4) is 0 Å². The molecule has 0 saturated heterocycles. The Labute approximate surface area is 103 Å². The molecular formula is C14H22OS. The number of rotatable bonds is 4. The molecule has 1 nitrogen and oxygen atoms in total. The summed E-state index contributed by atoms with van der Waals surface area (Å²) in [5.41, 5.74) is 1.59. The van der Waals surface area contributed by atoms with Gasteiger partial charge in [0.25, 0.3) is 0 Å². The number of benzene rings is 1. The number of aliphatic hydroxyl groups is 1. The van der Waals surface area contributed by atoms with Gasteiger partial charge < -0.3 is 5.11 Å². The van der Waals surface area contributed by atoms with E-state index in [1.807, 2.05) is 18.7 Å². The van der Waals surface area contributed by atoms with Gasteiger partial charge in [0.05, 0.1) is 6.10 Å². The zero-order chi connectivity index (χ0) is 12.2. The van der Waals surface area contributed by atoms with Gasteiger partial charge in [-0.15, -0.1) is 11.8 Å². The number of thioether (sulfide) groups is 1. The third-order valence-electron chi connectivity index (χ3n) is 2.52.